The van der Waals surface area contributed by atoms with Gasteiger partial charge in [0.25, 0.3) is 0 Å². The Hall–Kier alpha value is -2.82. The first-order chi connectivity index (χ1) is 37.2. The lowest BCUT2D eigenvalue weighted by molar-refractivity contribution is -0.161. The first kappa shape index (κ1) is 73.2. The van der Waals surface area contributed by atoms with Crippen molar-refractivity contribution in [3.8, 4) is 0 Å². The van der Waals surface area contributed by atoms with Gasteiger partial charge in [-0.1, -0.05) is 223 Å². The van der Waals surface area contributed by atoms with E-state index < -0.39 is 57.8 Å². The standard InChI is InChI=1S/C64H115O11P/c1-4-7-10-13-16-19-22-25-28-29-30-31-34-35-38-41-44-47-50-53-62(66)71-57-61(75-64(68)55-52-49-46-43-40-37-33-27-24-21-18-15-12-9-6-3)59-73-76(69,70)72-58-60(56-65)74-63(67)54-51-48-45-42-39-36-32-26-23-20-17-14-11-8-5-2/h17-18,20-21,25-28,32-33,60-61,65H,4-16,19,22-24,29-31,34-59H2,1-3H3,(H,69,70)/b20-17-,21-18-,28-25-,32-26-,33-27-. The van der Waals surface area contributed by atoms with Crippen LogP contribution in [0.1, 0.15) is 290 Å². The second-order valence-electron chi connectivity index (χ2n) is 20.9. The van der Waals surface area contributed by atoms with Crippen molar-refractivity contribution in [1.82, 2.24) is 0 Å². The molecule has 0 radical (unpaired) electrons. The largest absolute Gasteiger partial charge is 0.472 e. The number of rotatable bonds is 58. The molecule has 0 heterocycles. The number of aliphatic hydroxyl groups is 1. The van der Waals surface area contributed by atoms with Crippen molar-refractivity contribution < 1.29 is 52.2 Å². The van der Waals surface area contributed by atoms with Crippen LogP contribution in [0.25, 0.3) is 0 Å². The molecular weight excluding hydrogens is 976 g/mol. The molecule has 0 aliphatic heterocycles. The van der Waals surface area contributed by atoms with Crippen LogP contribution in [0.4, 0.5) is 0 Å². The summed E-state index contributed by atoms with van der Waals surface area (Å²) in [5.41, 5.74) is 0. The van der Waals surface area contributed by atoms with Crippen LogP contribution >= 0.6 is 7.82 Å². The maximum Gasteiger partial charge on any atom is 0.472 e. The summed E-state index contributed by atoms with van der Waals surface area (Å²) in [7, 11) is -4.76. The Morgan fingerprint density at radius 1 is 0.368 bits per heavy atom. The molecule has 0 bridgehead atoms. The lowest BCUT2D eigenvalue weighted by atomic mass is 10.1. The number of unbranched alkanes of at least 4 members (excludes halogenated alkanes) is 31. The molecular formula is C64H115O11P. The van der Waals surface area contributed by atoms with Crippen LogP contribution in [0.5, 0.6) is 0 Å². The van der Waals surface area contributed by atoms with Crippen LogP contribution in [-0.2, 0) is 42.2 Å². The molecule has 0 aromatic carbocycles. The monoisotopic (exact) mass is 1090 g/mol. The number of hydrogen-bond acceptors (Lipinski definition) is 10. The molecule has 0 rings (SSSR count). The Morgan fingerprint density at radius 3 is 1.01 bits per heavy atom. The summed E-state index contributed by atoms with van der Waals surface area (Å²) in [5.74, 6) is -1.49. The number of esters is 3. The highest BCUT2D eigenvalue weighted by Crippen LogP contribution is 2.43. The Morgan fingerprint density at radius 2 is 0.645 bits per heavy atom. The first-order valence-corrected chi connectivity index (χ1v) is 32.7. The molecule has 76 heavy (non-hydrogen) atoms. The summed E-state index contributed by atoms with van der Waals surface area (Å²) >= 11 is 0. The number of phosphoric ester groups is 1. The van der Waals surface area contributed by atoms with E-state index in [1.54, 1.807) is 0 Å². The molecule has 11 nitrogen and oxygen atoms in total. The maximum atomic E-state index is 12.9. The van der Waals surface area contributed by atoms with Gasteiger partial charge in [-0.05, 0) is 109 Å². The Labute approximate surface area is 465 Å². The fourth-order valence-electron chi connectivity index (χ4n) is 8.59. The quantitative estimate of drug-likeness (QED) is 0.0197. The number of ether oxygens (including phenoxy) is 3. The number of phosphoric acid groups is 1. The Bertz CT molecular complexity index is 1510. The van der Waals surface area contributed by atoms with E-state index in [2.05, 4.69) is 81.5 Å². The SMILES string of the molecule is CCCCC/C=C\C/C=C\CCCCCCCC(=O)OC(CO)COP(=O)(O)OCC(COC(=O)CCCCCCCCCCC/C=C\CCCCCCCC)OC(=O)CCCCCCC/C=C\C/C=C\CCCCC. The number of hydrogen-bond donors (Lipinski definition) is 2. The van der Waals surface area contributed by atoms with Gasteiger partial charge in [-0.3, -0.25) is 23.4 Å². The summed E-state index contributed by atoms with van der Waals surface area (Å²) in [6.07, 6.45) is 64.5. The topological polar surface area (TPSA) is 155 Å². The summed E-state index contributed by atoms with van der Waals surface area (Å²) in [4.78, 5) is 48.7. The third-order valence-electron chi connectivity index (χ3n) is 13.4. The molecule has 2 N–H and O–H groups in total. The molecule has 0 aromatic heterocycles. The summed E-state index contributed by atoms with van der Waals surface area (Å²) < 4.78 is 39.6. The zero-order chi connectivity index (χ0) is 55.5. The highest BCUT2D eigenvalue weighted by molar-refractivity contribution is 7.47. The maximum absolute atomic E-state index is 12.9. The molecule has 0 aromatic rings. The normalized spacial score (nSPS) is 13.7. The van der Waals surface area contributed by atoms with E-state index >= 15 is 0 Å². The third-order valence-corrected chi connectivity index (χ3v) is 14.3. The molecule has 0 aliphatic rings. The van der Waals surface area contributed by atoms with Crippen LogP contribution in [-0.4, -0.2) is 66.5 Å². The van der Waals surface area contributed by atoms with Gasteiger partial charge in [0.1, 0.15) is 12.7 Å². The van der Waals surface area contributed by atoms with Crippen molar-refractivity contribution in [1.29, 1.82) is 0 Å². The average molecular weight is 1090 g/mol. The van der Waals surface area contributed by atoms with Crippen LogP contribution in [0.2, 0.25) is 0 Å². The van der Waals surface area contributed by atoms with Crippen molar-refractivity contribution in [3.05, 3.63) is 60.8 Å². The molecule has 3 atom stereocenters. The van der Waals surface area contributed by atoms with E-state index in [1.807, 2.05) is 0 Å². The van der Waals surface area contributed by atoms with Crippen molar-refractivity contribution >= 4 is 25.7 Å². The predicted octanol–water partition coefficient (Wildman–Crippen LogP) is 18.7. The molecule has 0 amide bonds. The van der Waals surface area contributed by atoms with Gasteiger partial charge in [0, 0.05) is 19.3 Å². The van der Waals surface area contributed by atoms with Crippen molar-refractivity contribution in [2.45, 2.75) is 303 Å². The van der Waals surface area contributed by atoms with E-state index in [1.165, 1.54) is 122 Å². The summed E-state index contributed by atoms with van der Waals surface area (Å²) in [5, 5.41) is 9.83. The third kappa shape index (κ3) is 55.9. The minimum absolute atomic E-state index is 0.150. The van der Waals surface area contributed by atoms with E-state index in [4.69, 9.17) is 23.3 Å². The molecule has 0 spiro atoms. The molecule has 0 aliphatic carbocycles. The van der Waals surface area contributed by atoms with Gasteiger partial charge in [0.05, 0.1) is 19.8 Å². The van der Waals surface area contributed by atoms with Gasteiger partial charge < -0.3 is 24.2 Å². The lowest BCUT2D eigenvalue weighted by Gasteiger charge is -2.21. The van der Waals surface area contributed by atoms with E-state index in [0.29, 0.717) is 19.3 Å². The van der Waals surface area contributed by atoms with Gasteiger partial charge in [-0.2, -0.15) is 0 Å². The van der Waals surface area contributed by atoms with Gasteiger partial charge in [-0.15, -0.1) is 0 Å². The van der Waals surface area contributed by atoms with Crippen molar-refractivity contribution in [2.24, 2.45) is 0 Å². The predicted molar refractivity (Wildman–Crippen MR) is 316 cm³/mol. The zero-order valence-electron chi connectivity index (χ0n) is 49.0. The molecule has 0 saturated carbocycles. The molecule has 3 unspecified atom stereocenters. The minimum atomic E-state index is -4.76. The molecule has 0 fully saturated rings. The van der Waals surface area contributed by atoms with E-state index in [9.17, 15) is 28.9 Å². The summed E-state index contributed by atoms with van der Waals surface area (Å²) in [6, 6.07) is 0. The van der Waals surface area contributed by atoms with Crippen molar-refractivity contribution in [3.63, 3.8) is 0 Å². The Balaban J connectivity index is 4.71. The van der Waals surface area contributed by atoms with Crippen LogP contribution < -0.4 is 0 Å². The lowest BCUT2D eigenvalue weighted by Crippen LogP contribution is -2.30. The number of carbonyl (C=O) groups is 3. The summed E-state index contributed by atoms with van der Waals surface area (Å²) in [6.45, 7) is 4.59. The highest BCUT2D eigenvalue weighted by atomic mass is 31.2. The second kappa shape index (κ2) is 58.3. The van der Waals surface area contributed by atoms with Crippen LogP contribution in [0.15, 0.2) is 60.8 Å². The Kier molecular flexibility index (Phi) is 56.2. The fraction of sp³-hybridized carbons (Fsp3) is 0.797. The van der Waals surface area contributed by atoms with Crippen LogP contribution in [0.3, 0.4) is 0 Å². The van der Waals surface area contributed by atoms with Gasteiger partial charge in [0.2, 0.25) is 0 Å². The van der Waals surface area contributed by atoms with E-state index in [-0.39, 0.29) is 25.9 Å². The molecule has 0 saturated heterocycles. The number of allylic oxidation sites excluding steroid dienone is 10. The second-order valence-corrected chi connectivity index (χ2v) is 22.3. The number of aliphatic hydroxyl groups excluding tert-OH is 1. The van der Waals surface area contributed by atoms with Gasteiger partial charge >= 0.3 is 25.7 Å². The van der Waals surface area contributed by atoms with Gasteiger partial charge in [-0.25, -0.2) is 4.57 Å². The molecule has 12 heteroatoms. The fourth-order valence-corrected chi connectivity index (χ4v) is 9.37. The smallest absolute Gasteiger partial charge is 0.462 e. The van der Waals surface area contributed by atoms with Crippen LogP contribution in [0, 0.1) is 0 Å². The van der Waals surface area contributed by atoms with E-state index in [0.717, 1.165) is 109 Å². The molecule has 442 valence electrons. The number of carbonyl (C=O) groups excluding carboxylic acids is 3. The van der Waals surface area contributed by atoms with Gasteiger partial charge in [0.15, 0.2) is 6.10 Å². The minimum Gasteiger partial charge on any atom is -0.462 e. The van der Waals surface area contributed by atoms with Crippen molar-refractivity contribution in [2.75, 3.05) is 26.4 Å². The highest BCUT2D eigenvalue weighted by Gasteiger charge is 2.28. The zero-order valence-corrected chi connectivity index (χ0v) is 49.9. The first-order valence-electron chi connectivity index (χ1n) is 31.2. The average Bonchev–Trinajstić information content (AvgIpc) is 3.41.